The maximum atomic E-state index is 11.9. The van der Waals surface area contributed by atoms with Crippen molar-refractivity contribution in [1.29, 1.82) is 0 Å². The monoisotopic (exact) mass is 520 g/mol. The normalized spacial score (nSPS) is 13.9. The van der Waals surface area contributed by atoms with Crippen molar-refractivity contribution < 1.29 is 9.84 Å². The third-order valence-electron chi connectivity index (χ3n) is 9.95. The van der Waals surface area contributed by atoms with E-state index in [1.54, 1.807) is 6.26 Å². The van der Waals surface area contributed by atoms with Crippen molar-refractivity contribution in [3.05, 3.63) is 70.5 Å². The Balaban J connectivity index is 3.05. The van der Waals surface area contributed by atoms with Gasteiger partial charge in [0.15, 0.2) is 0 Å². The predicted octanol–water partition coefficient (Wildman–Crippen LogP) is 10.8. The summed E-state index contributed by atoms with van der Waals surface area (Å²) in [6.45, 7) is 33.4. The van der Waals surface area contributed by atoms with Crippen LogP contribution in [0.25, 0.3) is 0 Å². The molecule has 0 radical (unpaired) electrons. The van der Waals surface area contributed by atoms with Crippen LogP contribution in [0, 0.1) is 0 Å². The van der Waals surface area contributed by atoms with Crippen LogP contribution in [0.1, 0.15) is 155 Å². The van der Waals surface area contributed by atoms with Crippen molar-refractivity contribution in [3.8, 4) is 11.5 Å². The van der Waals surface area contributed by atoms with E-state index in [2.05, 4.69) is 121 Å². The van der Waals surface area contributed by atoms with Gasteiger partial charge in [-0.15, -0.1) is 0 Å². The van der Waals surface area contributed by atoms with Crippen molar-refractivity contribution in [2.45, 2.75) is 143 Å². The molecule has 212 valence electrons. The van der Waals surface area contributed by atoms with Crippen molar-refractivity contribution in [3.63, 3.8) is 0 Å². The Morgan fingerprint density at radius 3 is 1.50 bits per heavy atom. The molecule has 0 fully saturated rings. The molecule has 2 rings (SSSR count). The summed E-state index contributed by atoms with van der Waals surface area (Å²) >= 11 is 0. The molecule has 0 aromatic heterocycles. The lowest BCUT2D eigenvalue weighted by Crippen LogP contribution is -2.23. The van der Waals surface area contributed by atoms with Crippen LogP contribution >= 0.6 is 0 Å². The molecular formula is C36H56O2. The van der Waals surface area contributed by atoms with E-state index in [4.69, 9.17) is 4.74 Å². The van der Waals surface area contributed by atoms with Gasteiger partial charge in [-0.2, -0.15) is 0 Å². The van der Waals surface area contributed by atoms with Crippen LogP contribution in [0.15, 0.2) is 37.1 Å². The molecular weight excluding hydrogens is 464 g/mol. The highest BCUT2D eigenvalue weighted by Crippen LogP contribution is 2.48. The number of hydrogen-bond donors (Lipinski definition) is 1. The SMILES string of the molecule is C=COc1c(C(C)c2cc(C(C)(C)CC)cc(C(C)(C)CC)c2O)cc(C(C)(C)CC)cc1C(C)(C)CC. The zero-order valence-electron chi connectivity index (χ0n) is 26.9. The van der Waals surface area contributed by atoms with Gasteiger partial charge in [0, 0.05) is 28.2 Å². The lowest BCUT2D eigenvalue weighted by atomic mass is 9.71. The van der Waals surface area contributed by atoms with E-state index in [1.165, 1.54) is 16.7 Å². The summed E-state index contributed by atoms with van der Waals surface area (Å²) in [4.78, 5) is 0. The summed E-state index contributed by atoms with van der Waals surface area (Å²) in [5.41, 5.74) is 6.73. The molecule has 0 bridgehead atoms. The number of phenols is 1. The first-order valence-corrected chi connectivity index (χ1v) is 14.8. The van der Waals surface area contributed by atoms with E-state index in [1.807, 2.05) is 0 Å². The van der Waals surface area contributed by atoms with E-state index in [-0.39, 0.29) is 27.6 Å². The van der Waals surface area contributed by atoms with Crippen LogP contribution < -0.4 is 4.74 Å². The van der Waals surface area contributed by atoms with Crippen LogP contribution in [-0.4, -0.2) is 5.11 Å². The molecule has 1 N–H and O–H groups in total. The lowest BCUT2D eigenvalue weighted by molar-refractivity contribution is 0.414. The number of ether oxygens (including phenoxy) is 1. The van der Waals surface area contributed by atoms with Crippen molar-refractivity contribution >= 4 is 0 Å². The smallest absolute Gasteiger partial charge is 0.134 e. The van der Waals surface area contributed by atoms with Gasteiger partial charge in [-0.25, -0.2) is 0 Å². The van der Waals surface area contributed by atoms with Gasteiger partial charge in [0.2, 0.25) is 0 Å². The van der Waals surface area contributed by atoms with Gasteiger partial charge >= 0.3 is 0 Å². The first-order valence-electron chi connectivity index (χ1n) is 14.8. The molecule has 1 atom stereocenters. The van der Waals surface area contributed by atoms with Crippen molar-refractivity contribution in [2.75, 3.05) is 0 Å². The molecule has 0 aliphatic carbocycles. The Kier molecular flexibility index (Phi) is 9.67. The molecule has 0 aliphatic heterocycles. The van der Waals surface area contributed by atoms with Gasteiger partial charge in [0.25, 0.3) is 0 Å². The maximum absolute atomic E-state index is 11.9. The summed E-state index contributed by atoms with van der Waals surface area (Å²) in [6, 6.07) is 9.18. The molecule has 2 aromatic rings. The minimum Gasteiger partial charge on any atom is -0.507 e. The lowest BCUT2D eigenvalue weighted by Gasteiger charge is -2.34. The molecule has 0 amide bonds. The average Bonchev–Trinajstić information content (AvgIpc) is 2.88. The maximum Gasteiger partial charge on any atom is 0.134 e. The minimum absolute atomic E-state index is 0.00258. The summed E-state index contributed by atoms with van der Waals surface area (Å²) < 4.78 is 6.26. The molecule has 0 saturated heterocycles. The molecule has 0 heterocycles. The fraction of sp³-hybridized carbons (Fsp3) is 0.611. The number of hydrogen-bond acceptors (Lipinski definition) is 2. The largest absolute Gasteiger partial charge is 0.507 e. The first kappa shape index (κ1) is 32.0. The Morgan fingerprint density at radius 2 is 1.08 bits per heavy atom. The van der Waals surface area contributed by atoms with Crippen LogP contribution in [0.4, 0.5) is 0 Å². The summed E-state index contributed by atoms with van der Waals surface area (Å²) in [5, 5.41) is 11.9. The highest BCUT2D eigenvalue weighted by atomic mass is 16.5. The standard InChI is InChI=1S/C36H56O2/c1-15-33(7,8)25-20-27(31(37)29(22-25)35(11,12)17-3)24(6)28-21-26(34(9,10)16-2)23-30(32(28)38-19-5)36(13,14)18-4/h19-24,37H,5,15-18H2,1-4,6-14H3. The molecule has 0 saturated carbocycles. The second-order valence-electron chi connectivity index (χ2n) is 13.9. The second kappa shape index (κ2) is 11.5. The van der Waals surface area contributed by atoms with Gasteiger partial charge < -0.3 is 9.84 Å². The zero-order chi connectivity index (χ0) is 29.3. The van der Waals surface area contributed by atoms with Crippen LogP contribution in [0.2, 0.25) is 0 Å². The molecule has 2 heteroatoms. The van der Waals surface area contributed by atoms with Crippen molar-refractivity contribution in [1.82, 2.24) is 0 Å². The zero-order valence-corrected chi connectivity index (χ0v) is 26.9. The van der Waals surface area contributed by atoms with Gasteiger partial charge in [-0.3, -0.25) is 0 Å². The number of aromatic hydroxyl groups is 1. The second-order valence-corrected chi connectivity index (χ2v) is 13.9. The number of benzene rings is 2. The van der Waals surface area contributed by atoms with Gasteiger partial charge in [-0.05, 0) is 58.5 Å². The number of rotatable bonds is 12. The van der Waals surface area contributed by atoms with Gasteiger partial charge in [0.05, 0.1) is 6.26 Å². The highest BCUT2D eigenvalue weighted by Gasteiger charge is 2.34. The van der Waals surface area contributed by atoms with Crippen LogP contribution in [0.5, 0.6) is 11.5 Å². The topological polar surface area (TPSA) is 29.5 Å². The summed E-state index contributed by atoms with van der Waals surface area (Å²) in [5.74, 6) is 1.23. The Morgan fingerprint density at radius 1 is 0.684 bits per heavy atom. The molecule has 0 spiro atoms. The van der Waals surface area contributed by atoms with E-state index in [0.29, 0.717) is 5.75 Å². The fourth-order valence-corrected chi connectivity index (χ4v) is 4.93. The third-order valence-corrected chi connectivity index (χ3v) is 9.95. The molecule has 1 unspecified atom stereocenters. The summed E-state index contributed by atoms with van der Waals surface area (Å²) in [7, 11) is 0. The van der Waals surface area contributed by atoms with Crippen LogP contribution in [-0.2, 0) is 21.7 Å². The predicted molar refractivity (Wildman–Crippen MR) is 166 cm³/mol. The quantitative estimate of drug-likeness (QED) is 0.282. The van der Waals surface area contributed by atoms with E-state index in [0.717, 1.165) is 48.1 Å². The first-order chi connectivity index (χ1) is 17.4. The molecule has 0 aliphatic rings. The summed E-state index contributed by atoms with van der Waals surface area (Å²) in [6.07, 6.45) is 5.55. The number of phenolic OH excluding ortho intramolecular Hbond substituents is 1. The van der Waals surface area contributed by atoms with E-state index >= 15 is 0 Å². The van der Waals surface area contributed by atoms with E-state index in [9.17, 15) is 5.11 Å². The Hall–Kier alpha value is -2.22. The highest BCUT2D eigenvalue weighted by molar-refractivity contribution is 5.58. The molecule has 2 nitrogen and oxygen atoms in total. The molecule has 38 heavy (non-hydrogen) atoms. The van der Waals surface area contributed by atoms with Gasteiger partial charge in [0.1, 0.15) is 11.5 Å². The van der Waals surface area contributed by atoms with E-state index < -0.39 is 0 Å². The van der Waals surface area contributed by atoms with Crippen LogP contribution in [0.3, 0.4) is 0 Å². The molecule has 2 aromatic carbocycles. The minimum atomic E-state index is -0.139. The van der Waals surface area contributed by atoms with Gasteiger partial charge in [-0.1, -0.05) is 121 Å². The Labute approximate surface area is 234 Å². The fourth-order valence-electron chi connectivity index (χ4n) is 4.93. The van der Waals surface area contributed by atoms with Crippen molar-refractivity contribution in [2.24, 2.45) is 0 Å². The average molecular weight is 521 g/mol. The third kappa shape index (κ3) is 6.16. The Bertz CT molecular complexity index is 1130.